The normalized spacial score (nSPS) is 12.6. The van der Waals surface area contributed by atoms with Gasteiger partial charge in [-0.2, -0.15) is 0 Å². The largest absolute Gasteiger partial charge is 0.382 e. The van der Waals surface area contributed by atoms with Crippen molar-refractivity contribution in [1.82, 2.24) is 0 Å². The summed E-state index contributed by atoms with van der Waals surface area (Å²) in [5.41, 5.74) is 6.23. The number of aliphatic hydroxyl groups excluding tert-OH is 1. The molecule has 0 aliphatic heterocycles. The Morgan fingerprint density at radius 1 is 1.79 bits per heavy atom. The van der Waals surface area contributed by atoms with Crippen molar-refractivity contribution in [3.63, 3.8) is 0 Å². The van der Waals surface area contributed by atoms with Gasteiger partial charge in [0.2, 0.25) is 0 Å². The minimum atomic E-state index is -1.11. The monoisotopic (exact) mass is 214 g/mol. The topological polar surface area (TPSA) is 66.6 Å². The zero-order valence-electron chi connectivity index (χ0n) is 8.23. The molecule has 0 bridgehead atoms. The van der Waals surface area contributed by atoms with Crippen molar-refractivity contribution in [3.8, 4) is 0 Å². The minimum absolute atomic E-state index is 0.0480. The average molecular weight is 214 g/mol. The van der Waals surface area contributed by atoms with Gasteiger partial charge in [-0.3, -0.25) is 4.79 Å². The van der Waals surface area contributed by atoms with Gasteiger partial charge in [0.15, 0.2) is 0 Å². The summed E-state index contributed by atoms with van der Waals surface area (Å²) in [5.74, 6) is -0.363. The lowest BCUT2D eigenvalue weighted by Gasteiger charge is -2.19. The second-order valence-corrected chi connectivity index (χ2v) is 3.95. The van der Waals surface area contributed by atoms with Crippen molar-refractivity contribution in [2.24, 2.45) is 5.73 Å². The van der Waals surface area contributed by atoms with E-state index in [-0.39, 0.29) is 12.5 Å². The van der Waals surface area contributed by atoms with E-state index in [1.165, 1.54) is 16.2 Å². The van der Waals surface area contributed by atoms with Gasteiger partial charge in [0.25, 0.3) is 5.91 Å². The minimum Gasteiger partial charge on any atom is -0.382 e. The van der Waals surface area contributed by atoms with E-state index in [0.29, 0.717) is 0 Å². The maximum Gasteiger partial charge on any atom is 0.257 e. The van der Waals surface area contributed by atoms with Crippen molar-refractivity contribution in [2.75, 3.05) is 18.5 Å². The molecular formula is C9H14N2O2S. The van der Waals surface area contributed by atoms with E-state index < -0.39 is 6.10 Å². The Bertz CT molecular complexity index is 324. The van der Waals surface area contributed by atoms with Crippen molar-refractivity contribution in [2.45, 2.75) is 13.0 Å². The third-order valence-corrected chi connectivity index (χ3v) is 3.07. The summed E-state index contributed by atoms with van der Waals surface area (Å²) in [6.07, 6.45) is -1.11. The lowest BCUT2D eigenvalue weighted by Crippen LogP contribution is -2.40. The first kappa shape index (κ1) is 11.2. The molecule has 1 heterocycles. The first-order valence-corrected chi connectivity index (χ1v) is 5.15. The number of thiophene rings is 1. The summed E-state index contributed by atoms with van der Waals surface area (Å²) in [6.45, 7) is 1.87. The summed E-state index contributed by atoms with van der Waals surface area (Å²) in [6, 6.07) is 1.93. The van der Waals surface area contributed by atoms with Gasteiger partial charge in [-0.1, -0.05) is 0 Å². The molecule has 5 heteroatoms. The van der Waals surface area contributed by atoms with Crippen molar-refractivity contribution in [1.29, 1.82) is 0 Å². The smallest absolute Gasteiger partial charge is 0.257 e. The van der Waals surface area contributed by atoms with Crippen molar-refractivity contribution < 1.29 is 9.90 Å². The Labute approximate surface area is 87.0 Å². The molecule has 0 aliphatic carbocycles. The third-order valence-electron chi connectivity index (χ3n) is 1.98. The van der Waals surface area contributed by atoms with Crippen LogP contribution in [0.5, 0.6) is 0 Å². The Morgan fingerprint density at radius 2 is 2.43 bits per heavy atom. The highest BCUT2D eigenvalue weighted by molar-refractivity contribution is 7.14. The van der Waals surface area contributed by atoms with Crippen LogP contribution in [-0.2, 0) is 4.79 Å². The molecular weight excluding hydrogens is 200 g/mol. The van der Waals surface area contributed by atoms with Gasteiger partial charge >= 0.3 is 0 Å². The summed E-state index contributed by atoms with van der Waals surface area (Å²) >= 11 is 1.47. The van der Waals surface area contributed by atoms with Gasteiger partial charge in [0.05, 0.1) is 0 Å². The zero-order chi connectivity index (χ0) is 10.7. The number of hydrogen-bond donors (Lipinski definition) is 2. The zero-order valence-corrected chi connectivity index (χ0v) is 9.04. The van der Waals surface area contributed by atoms with Crippen LogP contribution in [0.2, 0.25) is 0 Å². The molecule has 0 saturated carbocycles. The van der Waals surface area contributed by atoms with Gasteiger partial charge in [-0.15, -0.1) is 11.3 Å². The number of aryl methyl sites for hydroxylation is 1. The number of anilines is 1. The number of likely N-dealkylation sites (N-methyl/N-ethyl adjacent to an activating group) is 1. The van der Waals surface area contributed by atoms with E-state index in [1.54, 1.807) is 7.05 Å². The van der Waals surface area contributed by atoms with E-state index in [1.807, 2.05) is 18.4 Å². The van der Waals surface area contributed by atoms with E-state index in [4.69, 9.17) is 5.73 Å². The van der Waals surface area contributed by atoms with Crippen molar-refractivity contribution >= 4 is 22.2 Å². The van der Waals surface area contributed by atoms with Crippen LogP contribution in [0.4, 0.5) is 5.00 Å². The maximum atomic E-state index is 11.5. The van der Waals surface area contributed by atoms with Crippen LogP contribution in [0.15, 0.2) is 11.4 Å². The molecule has 1 atom stereocenters. The third kappa shape index (κ3) is 2.12. The van der Waals surface area contributed by atoms with Crippen LogP contribution in [0.1, 0.15) is 5.56 Å². The predicted octanol–water partition coefficient (Wildman–Crippen LogP) is 0.339. The predicted molar refractivity (Wildman–Crippen MR) is 57.5 cm³/mol. The molecule has 1 amide bonds. The molecule has 0 radical (unpaired) electrons. The number of carbonyl (C=O) groups is 1. The fourth-order valence-corrected chi connectivity index (χ4v) is 2.04. The van der Waals surface area contributed by atoms with Crippen LogP contribution in [0.3, 0.4) is 0 Å². The van der Waals surface area contributed by atoms with Crippen LogP contribution in [-0.4, -0.2) is 30.7 Å². The van der Waals surface area contributed by atoms with Crippen LogP contribution < -0.4 is 10.6 Å². The molecule has 0 spiro atoms. The van der Waals surface area contributed by atoms with E-state index in [2.05, 4.69) is 0 Å². The maximum absolute atomic E-state index is 11.5. The molecule has 0 saturated heterocycles. The summed E-state index contributed by atoms with van der Waals surface area (Å²) in [7, 11) is 1.64. The highest BCUT2D eigenvalue weighted by Gasteiger charge is 2.20. The molecule has 78 valence electrons. The van der Waals surface area contributed by atoms with Gasteiger partial charge in [-0.25, -0.2) is 0 Å². The Balaban J connectivity index is 2.80. The Hall–Kier alpha value is -0.910. The molecule has 3 N–H and O–H groups in total. The highest BCUT2D eigenvalue weighted by atomic mass is 32.1. The fraction of sp³-hybridized carbons (Fsp3) is 0.444. The Kier molecular flexibility index (Phi) is 3.62. The molecule has 1 unspecified atom stereocenters. The molecule has 1 aromatic heterocycles. The summed E-state index contributed by atoms with van der Waals surface area (Å²) < 4.78 is 0. The van der Waals surface area contributed by atoms with Crippen LogP contribution >= 0.6 is 11.3 Å². The fourth-order valence-electron chi connectivity index (χ4n) is 1.13. The van der Waals surface area contributed by atoms with Crippen LogP contribution in [0.25, 0.3) is 0 Å². The standard InChI is InChI=1S/C9H14N2O2S/c1-6-3-4-14-9(6)11(2)8(13)7(12)5-10/h3-4,7,12H,5,10H2,1-2H3. The number of nitrogens with zero attached hydrogens (tertiary/aromatic N) is 1. The number of rotatable bonds is 3. The van der Waals surface area contributed by atoms with Crippen LogP contribution in [0, 0.1) is 6.92 Å². The number of aliphatic hydroxyl groups is 1. The summed E-state index contributed by atoms with van der Waals surface area (Å²) in [4.78, 5) is 13.0. The summed E-state index contributed by atoms with van der Waals surface area (Å²) in [5, 5.41) is 12.0. The van der Waals surface area contributed by atoms with Gasteiger partial charge in [-0.05, 0) is 23.9 Å². The number of amides is 1. The van der Waals surface area contributed by atoms with Gasteiger partial charge in [0, 0.05) is 13.6 Å². The molecule has 1 rings (SSSR count). The highest BCUT2D eigenvalue weighted by Crippen LogP contribution is 2.25. The van der Waals surface area contributed by atoms with Crippen molar-refractivity contribution in [3.05, 3.63) is 17.0 Å². The average Bonchev–Trinajstić information content (AvgIpc) is 2.61. The second-order valence-electron chi connectivity index (χ2n) is 3.06. The van der Waals surface area contributed by atoms with E-state index >= 15 is 0 Å². The SMILES string of the molecule is Cc1ccsc1N(C)C(=O)C(O)CN. The molecule has 0 fully saturated rings. The first-order valence-electron chi connectivity index (χ1n) is 4.27. The number of hydrogen-bond acceptors (Lipinski definition) is 4. The molecule has 4 nitrogen and oxygen atoms in total. The molecule has 14 heavy (non-hydrogen) atoms. The molecule has 0 aliphatic rings. The number of nitrogens with two attached hydrogens (primary N) is 1. The van der Waals surface area contributed by atoms with E-state index in [9.17, 15) is 9.90 Å². The van der Waals surface area contributed by atoms with Gasteiger partial charge < -0.3 is 15.7 Å². The second kappa shape index (κ2) is 4.54. The molecule has 0 aromatic carbocycles. The first-order chi connectivity index (χ1) is 6.57. The van der Waals surface area contributed by atoms with E-state index in [0.717, 1.165) is 10.6 Å². The Morgan fingerprint density at radius 3 is 2.86 bits per heavy atom. The molecule has 1 aromatic rings. The lowest BCUT2D eigenvalue weighted by molar-refractivity contribution is -0.125. The lowest BCUT2D eigenvalue weighted by atomic mass is 10.3. The quantitative estimate of drug-likeness (QED) is 0.762. The van der Waals surface area contributed by atoms with Gasteiger partial charge in [0.1, 0.15) is 11.1 Å². The number of carbonyl (C=O) groups excluding carboxylic acids is 1.